The molecule has 2 rings (SSSR count). The second-order valence-electron chi connectivity index (χ2n) is 3.60. The van der Waals surface area contributed by atoms with Crippen LogP contribution in [0.15, 0.2) is 36.7 Å². The van der Waals surface area contributed by atoms with Gasteiger partial charge < -0.3 is 16.4 Å². The van der Waals surface area contributed by atoms with E-state index >= 15 is 0 Å². The Hall–Kier alpha value is -1.48. The Balaban J connectivity index is 2.32. The monoisotopic (exact) mass is 189 g/mol. The van der Waals surface area contributed by atoms with Crippen LogP contribution in [0.2, 0.25) is 0 Å². The van der Waals surface area contributed by atoms with E-state index in [2.05, 4.69) is 41.8 Å². The first-order valence-electron chi connectivity index (χ1n) is 4.74. The lowest BCUT2D eigenvalue weighted by Crippen LogP contribution is -2.51. The molecule has 1 aliphatic heterocycles. The molecule has 1 heterocycles. The van der Waals surface area contributed by atoms with Crippen LogP contribution in [0.3, 0.4) is 0 Å². The summed E-state index contributed by atoms with van der Waals surface area (Å²) < 4.78 is 0. The number of rotatable bonds is 2. The van der Waals surface area contributed by atoms with Gasteiger partial charge >= 0.3 is 0 Å². The van der Waals surface area contributed by atoms with Gasteiger partial charge in [-0.1, -0.05) is 29.8 Å². The largest absolute Gasteiger partial charge is 0.363 e. The maximum atomic E-state index is 5.77. The Labute approximate surface area is 84.0 Å². The van der Waals surface area contributed by atoms with Gasteiger partial charge in [0.15, 0.2) is 0 Å². The number of nitrogens with one attached hydrogen (secondary N) is 2. The van der Waals surface area contributed by atoms with Crippen LogP contribution in [-0.4, -0.2) is 6.54 Å². The third-order valence-corrected chi connectivity index (χ3v) is 2.59. The van der Waals surface area contributed by atoms with Gasteiger partial charge in [0.05, 0.1) is 0 Å². The van der Waals surface area contributed by atoms with Gasteiger partial charge in [-0.05, 0) is 12.5 Å². The predicted molar refractivity (Wildman–Crippen MR) is 57.3 cm³/mol. The summed E-state index contributed by atoms with van der Waals surface area (Å²) in [4.78, 5) is 0. The first-order valence-corrected chi connectivity index (χ1v) is 4.74. The number of hydrogen-bond acceptors (Lipinski definition) is 3. The standard InChI is InChI=1S/C11H15N3/c1-9-2-4-10(5-3-9)11(8-12)13-6-7-14-11/h2-7,13-14H,8,12H2,1H3. The molecule has 74 valence electrons. The maximum Gasteiger partial charge on any atom is 0.146 e. The predicted octanol–water partition coefficient (Wildman–Crippen LogP) is 0.771. The zero-order valence-corrected chi connectivity index (χ0v) is 8.25. The van der Waals surface area contributed by atoms with Crippen molar-refractivity contribution in [1.82, 2.24) is 10.6 Å². The van der Waals surface area contributed by atoms with Crippen molar-refractivity contribution in [2.24, 2.45) is 5.73 Å². The van der Waals surface area contributed by atoms with Crippen molar-refractivity contribution in [3.63, 3.8) is 0 Å². The minimum Gasteiger partial charge on any atom is -0.363 e. The van der Waals surface area contributed by atoms with Gasteiger partial charge in [-0.15, -0.1) is 0 Å². The molecule has 1 aromatic rings. The van der Waals surface area contributed by atoms with Gasteiger partial charge in [0.25, 0.3) is 0 Å². The quantitative estimate of drug-likeness (QED) is 0.644. The van der Waals surface area contributed by atoms with E-state index in [0.29, 0.717) is 6.54 Å². The molecule has 0 fully saturated rings. The van der Waals surface area contributed by atoms with E-state index in [1.807, 2.05) is 12.4 Å². The fourth-order valence-corrected chi connectivity index (χ4v) is 1.65. The Morgan fingerprint density at radius 3 is 2.21 bits per heavy atom. The van der Waals surface area contributed by atoms with Gasteiger partial charge in [0.2, 0.25) is 0 Å². The van der Waals surface area contributed by atoms with E-state index in [-0.39, 0.29) is 5.66 Å². The van der Waals surface area contributed by atoms with Crippen molar-refractivity contribution in [3.05, 3.63) is 47.8 Å². The molecule has 0 aliphatic carbocycles. The molecular formula is C11H15N3. The summed E-state index contributed by atoms with van der Waals surface area (Å²) in [6, 6.07) is 8.37. The lowest BCUT2D eigenvalue weighted by atomic mass is 9.99. The van der Waals surface area contributed by atoms with Crippen LogP contribution >= 0.6 is 0 Å². The molecule has 14 heavy (non-hydrogen) atoms. The van der Waals surface area contributed by atoms with Crippen molar-refractivity contribution in [2.75, 3.05) is 6.54 Å². The summed E-state index contributed by atoms with van der Waals surface area (Å²) in [6.45, 7) is 2.59. The second-order valence-corrected chi connectivity index (χ2v) is 3.60. The third-order valence-electron chi connectivity index (χ3n) is 2.59. The van der Waals surface area contributed by atoms with Gasteiger partial charge in [-0.2, -0.15) is 0 Å². The van der Waals surface area contributed by atoms with Crippen molar-refractivity contribution in [2.45, 2.75) is 12.6 Å². The van der Waals surface area contributed by atoms with Crippen LogP contribution in [0, 0.1) is 6.92 Å². The highest BCUT2D eigenvalue weighted by molar-refractivity contribution is 5.30. The fourth-order valence-electron chi connectivity index (χ4n) is 1.65. The summed E-state index contributed by atoms with van der Waals surface area (Å²) in [6.07, 6.45) is 3.76. The second kappa shape index (κ2) is 3.35. The topological polar surface area (TPSA) is 50.1 Å². The molecule has 0 aromatic heterocycles. The van der Waals surface area contributed by atoms with Crippen LogP contribution < -0.4 is 16.4 Å². The summed E-state index contributed by atoms with van der Waals surface area (Å²) in [5, 5.41) is 6.48. The summed E-state index contributed by atoms with van der Waals surface area (Å²) in [7, 11) is 0. The Morgan fingerprint density at radius 2 is 1.71 bits per heavy atom. The zero-order chi connectivity index (χ0) is 10.0. The zero-order valence-electron chi connectivity index (χ0n) is 8.25. The molecule has 0 bridgehead atoms. The van der Waals surface area contributed by atoms with E-state index in [4.69, 9.17) is 5.73 Å². The van der Waals surface area contributed by atoms with E-state index < -0.39 is 0 Å². The summed E-state index contributed by atoms with van der Waals surface area (Å²) in [5.74, 6) is 0. The van der Waals surface area contributed by atoms with Crippen LogP contribution in [0.4, 0.5) is 0 Å². The first kappa shape index (κ1) is 9.09. The van der Waals surface area contributed by atoms with Crippen molar-refractivity contribution < 1.29 is 0 Å². The number of aryl methyl sites for hydroxylation is 1. The van der Waals surface area contributed by atoms with Gasteiger partial charge in [-0.25, -0.2) is 0 Å². The lowest BCUT2D eigenvalue weighted by molar-refractivity contribution is 0.368. The Bertz CT molecular complexity index is 332. The minimum absolute atomic E-state index is 0.312. The van der Waals surface area contributed by atoms with Crippen molar-refractivity contribution >= 4 is 0 Å². The van der Waals surface area contributed by atoms with Gasteiger partial charge in [0, 0.05) is 18.9 Å². The molecular weight excluding hydrogens is 174 g/mol. The maximum absolute atomic E-state index is 5.77. The van der Waals surface area contributed by atoms with E-state index in [1.165, 1.54) is 5.56 Å². The molecule has 0 radical (unpaired) electrons. The molecule has 0 unspecified atom stereocenters. The molecule has 3 nitrogen and oxygen atoms in total. The Kier molecular flexibility index (Phi) is 2.17. The summed E-state index contributed by atoms with van der Waals surface area (Å²) >= 11 is 0. The molecule has 3 heteroatoms. The number of hydrogen-bond donors (Lipinski definition) is 3. The van der Waals surface area contributed by atoms with Crippen LogP contribution in [0.5, 0.6) is 0 Å². The SMILES string of the molecule is Cc1ccc(C2(CN)NC=CN2)cc1. The number of nitrogens with two attached hydrogens (primary N) is 1. The van der Waals surface area contributed by atoms with Crippen LogP contribution in [-0.2, 0) is 5.66 Å². The molecule has 0 atom stereocenters. The van der Waals surface area contributed by atoms with Gasteiger partial charge in [0.1, 0.15) is 5.66 Å². The van der Waals surface area contributed by atoms with E-state index in [0.717, 1.165) is 5.56 Å². The average Bonchev–Trinajstić information content (AvgIpc) is 2.68. The highest BCUT2D eigenvalue weighted by atomic mass is 15.2. The Morgan fingerprint density at radius 1 is 1.14 bits per heavy atom. The van der Waals surface area contributed by atoms with Gasteiger partial charge in [-0.3, -0.25) is 0 Å². The summed E-state index contributed by atoms with van der Waals surface area (Å²) in [5.41, 5.74) is 7.88. The minimum atomic E-state index is -0.312. The lowest BCUT2D eigenvalue weighted by Gasteiger charge is -2.29. The van der Waals surface area contributed by atoms with E-state index in [1.54, 1.807) is 0 Å². The molecule has 1 aliphatic rings. The van der Waals surface area contributed by atoms with E-state index in [9.17, 15) is 0 Å². The normalized spacial score (nSPS) is 17.6. The first-order chi connectivity index (χ1) is 6.77. The van der Waals surface area contributed by atoms with Crippen molar-refractivity contribution in [1.29, 1.82) is 0 Å². The molecule has 0 saturated heterocycles. The van der Waals surface area contributed by atoms with Crippen LogP contribution in [0.25, 0.3) is 0 Å². The molecule has 0 saturated carbocycles. The van der Waals surface area contributed by atoms with Crippen LogP contribution in [0.1, 0.15) is 11.1 Å². The highest BCUT2D eigenvalue weighted by Crippen LogP contribution is 2.20. The number of benzene rings is 1. The molecule has 0 spiro atoms. The molecule has 4 N–H and O–H groups in total. The molecule has 0 amide bonds. The van der Waals surface area contributed by atoms with Crippen molar-refractivity contribution in [3.8, 4) is 0 Å². The molecule has 1 aromatic carbocycles. The highest BCUT2D eigenvalue weighted by Gasteiger charge is 2.30. The average molecular weight is 189 g/mol. The fraction of sp³-hybridized carbons (Fsp3) is 0.273. The smallest absolute Gasteiger partial charge is 0.146 e. The third kappa shape index (κ3) is 1.36.